The molecule has 2 atom stereocenters. The molecule has 1 heterocycles. The van der Waals surface area contributed by atoms with E-state index in [4.69, 9.17) is 4.74 Å². The SMILES string of the molecule is CCCC1(CCC)CC(C)CC(C2=CCCCC2)O1. The van der Waals surface area contributed by atoms with Crippen molar-refractivity contribution in [3.63, 3.8) is 0 Å². The van der Waals surface area contributed by atoms with Crippen LogP contribution in [0.1, 0.15) is 85.0 Å². The summed E-state index contributed by atoms with van der Waals surface area (Å²) < 4.78 is 6.70. The van der Waals surface area contributed by atoms with Crippen LogP contribution >= 0.6 is 0 Å². The summed E-state index contributed by atoms with van der Waals surface area (Å²) in [5.41, 5.74) is 1.80. The van der Waals surface area contributed by atoms with Crippen LogP contribution in [0.2, 0.25) is 0 Å². The molecule has 2 rings (SSSR count). The molecule has 0 N–H and O–H groups in total. The van der Waals surface area contributed by atoms with E-state index in [1.807, 2.05) is 0 Å². The molecule has 0 radical (unpaired) electrons. The highest BCUT2D eigenvalue weighted by atomic mass is 16.5. The van der Waals surface area contributed by atoms with Crippen molar-refractivity contribution in [1.82, 2.24) is 0 Å². The van der Waals surface area contributed by atoms with Crippen molar-refractivity contribution in [2.24, 2.45) is 5.92 Å². The molecule has 2 aliphatic rings. The van der Waals surface area contributed by atoms with Gasteiger partial charge in [-0.3, -0.25) is 0 Å². The maximum absolute atomic E-state index is 6.70. The van der Waals surface area contributed by atoms with E-state index < -0.39 is 0 Å². The molecule has 0 spiro atoms. The first-order valence-electron chi connectivity index (χ1n) is 8.56. The fourth-order valence-electron chi connectivity index (χ4n) is 4.22. The Bertz CT molecular complexity index is 299. The Morgan fingerprint density at radius 3 is 2.53 bits per heavy atom. The zero-order chi connectivity index (χ0) is 13.7. The van der Waals surface area contributed by atoms with Crippen molar-refractivity contribution in [2.75, 3.05) is 0 Å². The highest BCUT2D eigenvalue weighted by Crippen LogP contribution is 2.42. The molecule has 19 heavy (non-hydrogen) atoms. The lowest BCUT2D eigenvalue weighted by atomic mass is 9.77. The molecule has 1 aliphatic carbocycles. The van der Waals surface area contributed by atoms with Crippen LogP contribution < -0.4 is 0 Å². The van der Waals surface area contributed by atoms with Gasteiger partial charge in [0.2, 0.25) is 0 Å². The molecule has 0 bridgehead atoms. The summed E-state index contributed by atoms with van der Waals surface area (Å²) in [5, 5.41) is 0. The molecule has 1 fully saturated rings. The average Bonchev–Trinajstić information content (AvgIpc) is 2.39. The highest BCUT2D eigenvalue weighted by Gasteiger charge is 2.39. The quantitative estimate of drug-likeness (QED) is 0.584. The molecule has 2 unspecified atom stereocenters. The standard InChI is InChI=1S/C18H32O/c1-4-11-18(12-5-2)14-15(3)13-17(19-18)16-9-7-6-8-10-16/h9,15,17H,4-8,10-14H2,1-3H3. The Kier molecular flexibility index (Phi) is 5.50. The Morgan fingerprint density at radius 2 is 1.95 bits per heavy atom. The van der Waals surface area contributed by atoms with Gasteiger partial charge in [0.1, 0.15) is 0 Å². The molecular weight excluding hydrogens is 232 g/mol. The molecule has 1 nitrogen and oxygen atoms in total. The molecule has 1 aliphatic heterocycles. The van der Waals surface area contributed by atoms with Gasteiger partial charge in [-0.05, 0) is 62.9 Å². The number of rotatable bonds is 5. The number of ether oxygens (including phenoxy) is 1. The maximum Gasteiger partial charge on any atom is 0.0795 e. The minimum absolute atomic E-state index is 0.185. The fourth-order valence-corrected chi connectivity index (χ4v) is 4.22. The van der Waals surface area contributed by atoms with Crippen molar-refractivity contribution in [3.05, 3.63) is 11.6 Å². The van der Waals surface area contributed by atoms with Gasteiger partial charge in [-0.1, -0.05) is 39.7 Å². The first-order valence-corrected chi connectivity index (χ1v) is 8.56. The number of hydrogen-bond acceptors (Lipinski definition) is 1. The Balaban J connectivity index is 2.10. The second kappa shape index (κ2) is 6.92. The summed E-state index contributed by atoms with van der Waals surface area (Å²) >= 11 is 0. The highest BCUT2D eigenvalue weighted by molar-refractivity contribution is 5.13. The molecule has 1 heteroatoms. The fraction of sp³-hybridized carbons (Fsp3) is 0.889. The molecule has 0 aromatic carbocycles. The van der Waals surface area contributed by atoms with E-state index in [1.165, 1.54) is 64.2 Å². The third kappa shape index (κ3) is 3.84. The first-order chi connectivity index (χ1) is 9.19. The lowest BCUT2D eigenvalue weighted by Crippen LogP contribution is -2.44. The van der Waals surface area contributed by atoms with Crippen LogP contribution in [0.3, 0.4) is 0 Å². The average molecular weight is 264 g/mol. The van der Waals surface area contributed by atoms with E-state index in [9.17, 15) is 0 Å². The van der Waals surface area contributed by atoms with Crippen LogP contribution in [-0.2, 0) is 4.74 Å². The van der Waals surface area contributed by atoms with Crippen molar-refractivity contribution >= 4 is 0 Å². The van der Waals surface area contributed by atoms with Crippen LogP contribution in [0.4, 0.5) is 0 Å². The van der Waals surface area contributed by atoms with Crippen LogP contribution in [0, 0.1) is 5.92 Å². The van der Waals surface area contributed by atoms with Gasteiger partial charge >= 0.3 is 0 Å². The minimum atomic E-state index is 0.185. The summed E-state index contributed by atoms with van der Waals surface area (Å²) in [6.07, 6.45) is 15.7. The second-order valence-corrected chi connectivity index (χ2v) is 6.86. The van der Waals surface area contributed by atoms with Crippen molar-refractivity contribution in [2.45, 2.75) is 96.7 Å². The van der Waals surface area contributed by atoms with Crippen LogP contribution in [0.15, 0.2) is 11.6 Å². The van der Waals surface area contributed by atoms with E-state index >= 15 is 0 Å². The predicted octanol–water partition coefficient (Wildman–Crippen LogP) is 5.64. The zero-order valence-electron chi connectivity index (χ0n) is 13.2. The summed E-state index contributed by atoms with van der Waals surface area (Å²) in [6.45, 7) is 7.03. The van der Waals surface area contributed by atoms with Gasteiger partial charge in [-0.25, -0.2) is 0 Å². The smallest absolute Gasteiger partial charge is 0.0795 e. The summed E-state index contributed by atoms with van der Waals surface area (Å²) in [7, 11) is 0. The third-order valence-electron chi connectivity index (χ3n) is 4.88. The van der Waals surface area contributed by atoms with E-state index in [-0.39, 0.29) is 5.60 Å². The van der Waals surface area contributed by atoms with Crippen molar-refractivity contribution < 1.29 is 4.74 Å². The predicted molar refractivity (Wildman–Crippen MR) is 82.4 cm³/mol. The molecule has 0 aromatic heterocycles. The van der Waals surface area contributed by atoms with Crippen LogP contribution in [-0.4, -0.2) is 11.7 Å². The van der Waals surface area contributed by atoms with E-state index in [0.717, 1.165) is 5.92 Å². The normalized spacial score (nSPS) is 31.0. The van der Waals surface area contributed by atoms with Crippen LogP contribution in [0.25, 0.3) is 0 Å². The van der Waals surface area contributed by atoms with Gasteiger partial charge in [0.05, 0.1) is 11.7 Å². The number of hydrogen-bond donors (Lipinski definition) is 0. The van der Waals surface area contributed by atoms with Gasteiger partial charge < -0.3 is 4.74 Å². The molecule has 110 valence electrons. The van der Waals surface area contributed by atoms with Gasteiger partial charge in [0, 0.05) is 0 Å². The number of allylic oxidation sites excluding steroid dienone is 1. The molecule has 0 aromatic rings. The topological polar surface area (TPSA) is 9.23 Å². The third-order valence-corrected chi connectivity index (χ3v) is 4.88. The lowest BCUT2D eigenvalue weighted by molar-refractivity contribution is -0.140. The van der Waals surface area contributed by atoms with Crippen LogP contribution in [0.5, 0.6) is 0 Å². The van der Waals surface area contributed by atoms with E-state index in [0.29, 0.717) is 6.10 Å². The monoisotopic (exact) mass is 264 g/mol. The minimum Gasteiger partial charge on any atom is -0.367 e. The van der Waals surface area contributed by atoms with Gasteiger partial charge in [0.15, 0.2) is 0 Å². The Hall–Kier alpha value is -0.300. The summed E-state index contributed by atoms with van der Waals surface area (Å²) in [5.74, 6) is 0.819. The van der Waals surface area contributed by atoms with Gasteiger partial charge in [-0.15, -0.1) is 0 Å². The first kappa shape index (κ1) is 15.1. The molecule has 0 amide bonds. The molecular formula is C18H32O. The zero-order valence-corrected chi connectivity index (χ0v) is 13.2. The second-order valence-electron chi connectivity index (χ2n) is 6.86. The summed E-state index contributed by atoms with van der Waals surface area (Å²) in [6, 6.07) is 0. The molecule has 0 saturated carbocycles. The van der Waals surface area contributed by atoms with Gasteiger partial charge in [0.25, 0.3) is 0 Å². The Labute approximate surface area is 119 Å². The van der Waals surface area contributed by atoms with E-state index in [2.05, 4.69) is 26.8 Å². The molecule has 1 saturated heterocycles. The summed E-state index contributed by atoms with van der Waals surface area (Å²) in [4.78, 5) is 0. The van der Waals surface area contributed by atoms with Crippen molar-refractivity contribution in [1.29, 1.82) is 0 Å². The largest absolute Gasteiger partial charge is 0.367 e. The maximum atomic E-state index is 6.70. The van der Waals surface area contributed by atoms with E-state index in [1.54, 1.807) is 5.57 Å². The van der Waals surface area contributed by atoms with Crippen molar-refractivity contribution in [3.8, 4) is 0 Å². The lowest BCUT2D eigenvalue weighted by Gasteiger charge is -2.45. The van der Waals surface area contributed by atoms with Gasteiger partial charge in [-0.2, -0.15) is 0 Å². The Morgan fingerprint density at radius 1 is 1.21 bits per heavy atom.